The molecule has 3 heteroatoms. The summed E-state index contributed by atoms with van der Waals surface area (Å²) in [5.74, 6) is 0. The molecule has 0 atom stereocenters. The molecule has 0 aliphatic carbocycles. The number of pyridine rings is 1. The summed E-state index contributed by atoms with van der Waals surface area (Å²) in [5.41, 5.74) is 4.11. The number of fused-ring (bicyclic) bond motifs is 1. The van der Waals surface area contributed by atoms with Crippen molar-refractivity contribution < 1.29 is 0 Å². The van der Waals surface area contributed by atoms with Crippen LogP contribution in [0.1, 0.15) is 11.1 Å². The first-order valence-corrected chi connectivity index (χ1v) is 6.64. The van der Waals surface area contributed by atoms with Crippen molar-refractivity contribution in [1.29, 1.82) is 0 Å². The number of hydrogen-bond acceptors (Lipinski definition) is 2. The van der Waals surface area contributed by atoms with Crippen LogP contribution in [0.3, 0.4) is 0 Å². The Bertz CT molecular complexity index is 527. The molecule has 0 spiro atoms. The third kappa shape index (κ3) is 2.34. The van der Waals surface area contributed by atoms with Crippen LogP contribution in [0.4, 0.5) is 5.69 Å². The Balaban J connectivity index is 1.83. The third-order valence-electron chi connectivity index (χ3n) is 3.50. The first kappa shape index (κ1) is 11.5. The molecule has 0 radical (unpaired) electrons. The van der Waals surface area contributed by atoms with E-state index in [9.17, 15) is 0 Å². The number of benzene rings is 1. The normalized spacial score (nSPS) is 15.1. The van der Waals surface area contributed by atoms with Crippen molar-refractivity contribution in [2.45, 2.75) is 12.8 Å². The van der Waals surface area contributed by atoms with Gasteiger partial charge in [0.25, 0.3) is 0 Å². The van der Waals surface area contributed by atoms with E-state index in [2.05, 4.69) is 34.1 Å². The summed E-state index contributed by atoms with van der Waals surface area (Å²) in [5, 5.41) is 0.564. The van der Waals surface area contributed by atoms with Gasteiger partial charge in [-0.05, 0) is 36.1 Å². The molecule has 1 aromatic carbocycles. The first-order chi connectivity index (χ1) is 8.83. The fourth-order valence-electron chi connectivity index (χ4n) is 2.52. The Morgan fingerprint density at radius 2 is 1.67 bits per heavy atom. The van der Waals surface area contributed by atoms with Gasteiger partial charge in [-0.15, -0.1) is 0 Å². The van der Waals surface area contributed by atoms with Crippen LogP contribution in [0, 0.1) is 0 Å². The zero-order chi connectivity index (χ0) is 12.4. The minimum absolute atomic E-state index is 0.564. The number of rotatable bonds is 1. The minimum atomic E-state index is 0.564. The van der Waals surface area contributed by atoms with E-state index >= 15 is 0 Å². The third-order valence-corrected chi connectivity index (χ3v) is 3.70. The summed E-state index contributed by atoms with van der Waals surface area (Å²) < 4.78 is 0. The smallest absolute Gasteiger partial charge is 0.131 e. The molecular formula is C15H15ClN2. The quantitative estimate of drug-likeness (QED) is 0.730. The number of halogens is 1. The van der Waals surface area contributed by atoms with Gasteiger partial charge in [0.1, 0.15) is 5.15 Å². The van der Waals surface area contributed by atoms with Gasteiger partial charge in [-0.3, -0.25) is 0 Å². The number of aromatic nitrogens is 1. The van der Waals surface area contributed by atoms with Crippen LogP contribution in [-0.4, -0.2) is 18.1 Å². The summed E-state index contributed by atoms with van der Waals surface area (Å²) in [7, 11) is 0. The zero-order valence-electron chi connectivity index (χ0n) is 10.1. The molecule has 0 amide bonds. The molecule has 18 heavy (non-hydrogen) atoms. The Morgan fingerprint density at radius 3 is 2.28 bits per heavy atom. The van der Waals surface area contributed by atoms with E-state index in [0.29, 0.717) is 5.15 Å². The molecule has 2 aromatic rings. The molecular weight excluding hydrogens is 244 g/mol. The van der Waals surface area contributed by atoms with E-state index in [1.165, 1.54) is 16.8 Å². The summed E-state index contributed by atoms with van der Waals surface area (Å²) in [6.07, 6.45) is 3.96. The van der Waals surface area contributed by atoms with Crippen molar-refractivity contribution in [2.24, 2.45) is 0 Å². The fraction of sp³-hybridized carbons (Fsp3) is 0.267. The maximum absolute atomic E-state index is 5.96. The van der Waals surface area contributed by atoms with Crippen molar-refractivity contribution in [3.63, 3.8) is 0 Å². The van der Waals surface area contributed by atoms with E-state index in [1.54, 1.807) is 6.20 Å². The zero-order valence-corrected chi connectivity index (χ0v) is 10.9. The monoisotopic (exact) mass is 258 g/mol. The maximum atomic E-state index is 5.96. The highest BCUT2D eigenvalue weighted by molar-refractivity contribution is 6.29. The molecule has 0 saturated heterocycles. The highest BCUT2D eigenvalue weighted by Gasteiger charge is 2.14. The molecule has 2 nitrogen and oxygen atoms in total. The van der Waals surface area contributed by atoms with Gasteiger partial charge < -0.3 is 4.90 Å². The van der Waals surface area contributed by atoms with E-state index in [4.69, 9.17) is 11.6 Å². The topological polar surface area (TPSA) is 16.1 Å². The predicted octanol–water partition coefficient (Wildman–Crippen LogP) is 3.34. The Labute approximate surface area is 112 Å². The predicted molar refractivity (Wildman–Crippen MR) is 75.3 cm³/mol. The Hall–Kier alpha value is -1.54. The van der Waals surface area contributed by atoms with Gasteiger partial charge in [0.15, 0.2) is 0 Å². The standard InChI is InChI=1S/C15H15ClN2/c16-15-11-14(5-8-17-15)18-9-6-12-3-1-2-4-13(12)7-10-18/h1-5,8,11H,6-7,9-10H2. The highest BCUT2D eigenvalue weighted by atomic mass is 35.5. The number of hydrogen-bond donors (Lipinski definition) is 0. The van der Waals surface area contributed by atoms with Crippen molar-refractivity contribution in [1.82, 2.24) is 4.98 Å². The summed E-state index contributed by atoms with van der Waals surface area (Å²) >= 11 is 5.96. The maximum Gasteiger partial charge on any atom is 0.131 e. The van der Waals surface area contributed by atoms with Crippen LogP contribution >= 0.6 is 11.6 Å². The highest BCUT2D eigenvalue weighted by Crippen LogP contribution is 2.22. The van der Waals surface area contributed by atoms with Crippen molar-refractivity contribution in [3.8, 4) is 0 Å². The Kier molecular flexibility index (Phi) is 3.20. The van der Waals surface area contributed by atoms with E-state index < -0.39 is 0 Å². The summed E-state index contributed by atoms with van der Waals surface area (Å²) in [6.45, 7) is 2.08. The second-order valence-electron chi connectivity index (χ2n) is 4.59. The second kappa shape index (κ2) is 4.99. The van der Waals surface area contributed by atoms with E-state index in [-0.39, 0.29) is 0 Å². The Morgan fingerprint density at radius 1 is 1.00 bits per heavy atom. The summed E-state index contributed by atoms with van der Waals surface area (Å²) in [4.78, 5) is 6.42. The average molecular weight is 259 g/mol. The minimum Gasteiger partial charge on any atom is -0.371 e. The van der Waals surface area contributed by atoms with Crippen LogP contribution in [0.15, 0.2) is 42.6 Å². The van der Waals surface area contributed by atoms with Crippen molar-refractivity contribution in [2.75, 3.05) is 18.0 Å². The molecule has 0 fully saturated rings. The average Bonchev–Trinajstić information content (AvgIpc) is 2.61. The largest absolute Gasteiger partial charge is 0.371 e. The molecule has 1 aliphatic rings. The molecule has 1 aliphatic heterocycles. The van der Waals surface area contributed by atoms with Crippen LogP contribution in [0.5, 0.6) is 0 Å². The SMILES string of the molecule is Clc1cc(N2CCc3ccccc3CC2)ccn1. The lowest BCUT2D eigenvalue weighted by Crippen LogP contribution is -2.25. The first-order valence-electron chi connectivity index (χ1n) is 6.26. The fourth-order valence-corrected chi connectivity index (χ4v) is 2.68. The lowest BCUT2D eigenvalue weighted by Gasteiger charge is -2.22. The van der Waals surface area contributed by atoms with Gasteiger partial charge in [0.2, 0.25) is 0 Å². The van der Waals surface area contributed by atoms with E-state index in [1.807, 2.05) is 12.1 Å². The number of nitrogens with zero attached hydrogens (tertiary/aromatic N) is 2. The van der Waals surface area contributed by atoms with Gasteiger partial charge >= 0.3 is 0 Å². The second-order valence-corrected chi connectivity index (χ2v) is 4.98. The van der Waals surface area contributed by atoms with Crippen molar-refractivity contribution in [3.05, 3.63) is 58.9 Å². The van der Waals surface area contributed by atoms with Gasteiger partial charge in [-0.1, -0.05) is 35.9 Å². The molecule has 0 N–H and O–H groups in total. The molecule has 0 saturated carbocycles. The van der Waals surface area contributed by atoms with Gasteiger partial charge in [-0.25, -0.2) is 4.98 Å². The molecule has 92 valence electrons. The molecule has 0 unspecified atom stereocenters. The van der Waals surface area contributed by atoms with Crippen LogP contribution < -0.4 is 4.90 Å². The van der Waals surface area contributed by atoms with Crippen LogP contribution in [-0.2, 0) is 12.8 Å². The lowest BCUT2D eigenvalue weighted by atomic mass is 10.0. The molecule has 2 heterocycles. The molecule has 0 bridgehead atoms. The van der Waals surface area contributed by atoms with Crippen molar-refractivity contribution >= 4 is 17.3 Å². The molecule has 3 rings (SSSR count). The lowest BCUT2D eigenvalue weighted by molar-refractivity contribution is 0.805. The van der Waals surface area contributed by atoms with Gasteiger partial charge in [0, 0.05) is 25.0 Å². The van der Waals surface area contributed by atoms with Crippen LogP contribution in [0.2, 0.25) is 5.15 Å². The van der Waals surface area contributed by atoms with E-state index in [0.717, 1.165) is 25.9 Å². The van der Waals surface area contributed by atoms with Gasteiger partial charge in [-0.2, -0.15) is 0 Å². The summed E-state index contributed by atoms with van der Waals surface area (Å²) in [6, 6.07) is 12.7. The van der Waals surface area contributed by atoms with Gasteiger partial charge in [0.05, 0.1) is 0 Å². The molecule has 1 aromatic heterocycles. The number of anilines is 1. The van der Waals surface area contributed by atoms with Crippen LogP contribution in [0.25, 0.3) is 0 Å².